The van der Waals surface area contributed by atoms with Gasteiger partial charge in [0.25, 0.3) is 0 Å². The van der Waals surface area contributed by atoms with Crippen molar-refractivity contribution in [2.45, 2.75) is 32.2 Å². The summed E-state index contributed by atoms with van der Waals surface area (Å²) in [4.78, 5) is 8.01. The molecule has 0 bridgehead atoms. The van der Waals surface area contributed by atoms with E-state index in [0.29, 0.717) is 27.1 Å². The largest absolute Gasteiger partial charge is 0.492 e. The van der Waals surface area contributed by atoms with Gasteiger partial charge in [-0.15, -0.1) is 5.10 Å². The lowest BCUT2D eigenvalue weighted by Crippen LogP contribution is -2.38. The zero-order chi connectivity index (χ0) is 21.4. The molecule has 1 N–H and O–H groups in total. The summed E-state index contributed by atoms with van der Waals surface area (Å²) in [7, 11) is 0. The number of hydrogen-bond acceptors (Lipinski definition) is 5. The lowest BCUT2D eigenvalue weighted by atomic mass is 9.88. The summed E-state index contributed by atoms with van der Waals surface area (Å²) in [6.45, 7) is 3.50. The molecule has 160 valence electrons. The van der Waals surface area contributed by atoms with Gasteiger partial charge in [0, 0.05) is 5.56 Å². The van der Waals surface area contributed by atoms with E-state index in [1.165, 1.54) is 27.5 Å². The molecule has 1 atom stereocenters. The Labute approximate surface area is 184 Å². The molecule has 1 aliphatic rings. The molecule has 1 aliphatic heterocycles. The minimum atomic E-state index is -0.354. The van der Waals surface area contributed by atoms with Gasteiger partial charge in [0.05, 0.1) is 10.9 Å². The topological polar surface area (TPSA) is 53.7 Å². The van der Waals surface area contributed by atoms with Crippen LogP contribution in [0, 0.1) is 18.7 Å². The van der Waals surface area contributed by atoms with Gasteiger partial charge in [0.1, 0.15) is 11.6 Å². The molecule has 3 heterocycles. The Bertz CT molecular complexity index is 1180. The molecular formula is C24H25FN4OS. The monoisotopic (exact) mass is 436 g/mol. The maximum absolute atomic E-state index is 14.9. The molecule has 31 heavy (non-hydrogen) atoms. The van der Waals surface area contributed by atoms with Crippen molar-refractivity contribution in [1.29, 1.82) is 0 Å². The summed E-state index contributed by atoms with van der Waals surface area (Å²) in [5.74, 6) is 1.02. The van der Waals surface area contributed by atoms with Gasteiger partial charge in [-0.3, -0.25) is 4.90 Å². The van der Waals surface area contributed by atoms with Crippen molar-refractivity contribution in [2.75, 3.05) is 13.1 Å². The molecule has 5 nitrogen and oxygen atoms in total. The van der Waals surface area contributed by atoms with E-state index in [1.54, 1.807) is 13.0 Å². The van der Waals surface area contributed by atoms with Crippen LogP contribution in [0.4, 0.5) is 4.39 Å². The second-order valence-electron chi connectivity index (χ2n) is 8.24. The third kappa shape index (κ3) is 3.95. The molecule has 0 amide bonds. The Morgan fingerprint density at radius 2 is 1.81 bits per heavy atom. The average Bonchev–Trinajstić information content (AvgIpc) is 3.29. The van der Waals surface area contributed by atoms with Crippen LogP contribution in [0.25, 0.3) is 4.96 Å². The molecule has 4 aromatic rings. The van der Waals surface area contributed by atoms with Crippen LogP contribution in [0.5, 0.6) is 5.88 Å². The highest BCUT2D eigenvalue weighted by Gasteiger charge is 2.33. The SMILES string of the molecule is Cc1nc2sc([C@@H](c3ccccc3F)N3CCC(Cc4ccccc4)CC3)c(O)n2n1. The third-order valence-corrected chi connectivity index (χ3v) is 7.21. The van der Waals surface area contributed by atoms with Crippen molar-refractivity contribution in [3.05, 3.63) is 82.2 Å². The minimum Gasteiger partial charge on any atom is -0.492 e. The van der Waals surface area contributed by atoms with Crippen LogP contribution < -0.4 is 0 Å². The highest BCUT2D eigenvalue weighted by Crippen LogP contribution is 2.42. The van der Waals surface area contributed by atoms with Gasteiger partial charge in [0.2, 0.25) is 10.8 Å². The summed E-state index contributed by atoms with van der Waals surface area (Å²) in [6.07, 6.45) is 3.15. The molecule has 0 unspecified atom stereocenters. The number of fused-ring (bicyclic) bond motifs is 1. The highest BCUT2D eigenvalue weighted by atomic mass is 32.1. The zero-order valence-corrected chi connectivity index (χ0v) is 18.2. The molecule has 0 radical (unpaired) electrons. The summed E-state index contributed by atoms with van der Waals surface area (Å²) < 4.78 is 16.3. The fourth-order valence-corrected chi connectivity index (χ4v) is 5.74. The molecule has 1 saturated heterocycles. The van der Waals surface area contributed by atoms with Crippen LogP contribution in [-0.2, 0) is 6.42 Å². The number of piperidine rings is 1. The minimum absolute atomic E-state index is 0.0558. The molecule has 7 heteroatoms. The Morgan fingerprint density at radius 1 is 1.10 bits per heavy atom. The molecule has 1 fully saturated rings. The van der Waals surface area contributed by atoms with Crippen molar-refractivity contribution in [1.82, 2.24) is 19.5 Å². The summed E-state index contributed by atoms with van der Waals surface area (Å²) in [5.41, 5.74) is 1.95. The molecule has 0 aliphatic carbocycles. The van der Waals surface area contributed by atoms with E-state index in [1.807, 2.05) is 18.2 Å². The first-order valence-electron chi connectivity index (χ1n) is 10.7. The second kappa shape index (κ2) is 8.40. The number of thiazole rings is 1. The maximum Gasteiger partial charge on any atom is 0.230 e. The quantitative estimate of drug-likeness (QED) is 0.479. The normalized spacial score (nSPS) is 16.7. The van der Waals surface area contributed by atoms with Crippen molar-refractivity contribution in [3.63, 3.8) is 0 Å². The van der Waals surface area contributed by atoms with Crippen LogP contribution in [0.15, 0.2) is 54.6 Å². The molecule has 0 saturated carbocycles. The van der Waals surface area contributed by atoms with E-state index < -0.39 is 0 Å². The number of likely N-dealkylation sites (tertiary alicyclic amines) is 1. The van der Waals surface area contributed by atoms with Gasteiger partial charge in [-0.25, -0.2) is 9.37 Å². The number of halogens is 1. The lowest BCUT2D eigenvalue weighted by molar-refractivity contribution is 0.148. The molecule has 2 aromatic heterocycles. The fraction of sp³-hybridized carbons (Fsp3) is 0.333. The number of benzene rings is 2. The van der Waals surface area contributed by atoms with Gasteiger partial charge in [-0.05, 0) is 56.8 Å². The average molecular weight is 437 g/mol. The summed E-state index contributed by atoms with van der Waals surface area (Å²) in [6, 6.07) is 17.1. The number of aromatic nitrogens is 3. The van der Waals surface area contributed by atoms with Gasteiger partial charge in [0.15, 0.2) is 0 Å². The zero-order valence-electron chi connectivity index (χ0n) is 17.4. The van der Waals surface area contributed by atoms with Crippen LogP contribution in [0.1, 0.15) is 40.7 Å². The smallest absolute Gasteiger partial charge is 0.230 e. The summed E-state index contributed by atoms with van der Waals surface area (Å²) >= 11 is 1.38. The van der Waals surface area contributed by atoms with Gasteiger partial charge in [-0.1, -0.05) is 59.9 Å². The highest BCUT2D eigenvalue weighted by molar-refractivity contribution is 7.17. The van der Waals surface area contributed by atoms with Gasteiger partial charge < -0.3 is 5.11 Å². The Hall–Kier alpha value is -2.77. The molecular weight excluding hydrogens is 411 g/mol. The van der Waals surface area contributed by atoms with E-state index in [9.17, 15) is 9.50 Å². The van der Waals surface area contributed by atoms with Crippen LogP contribution in [-0.4, -0.2) is 37.7 Å². The third-order valence-electron chi connectivity index (χ3n) is 6.14. The van der Waals surface area contributed by atoms with E-state index in [2.05, 4.69) is 39.2 Å². The van der Waals surface area contributed by atoms with Crippen molar-refractivity contribution >= 4 is 16.3 Å². The fourth-order valence-electron chi connectivity index (χ4n) is 4.59. The van der Waals surface area contributed by atoms with Crippen LogP contribution in [0.3, 0.4) is 0 Å². The Balaban J connectivity index is 1.44. The van der Waals surface area contributed by atoms with E-state index >= 15 is 0 Å². The van der Waals surface area contributed by atoms with Crippen LogP contribution >= 0.6 is 11.3 Å². The van der Waals surface area contributed by atoms with Crippen LogP contribution in [0.2, 0.25) is 0 Å². The molecule has 2 aromatic carbocycles. The summed E-state index contributed by atoms with van der Waals surface area (Å²) in [5, 5.41) is 15.2. The number of rotatable bonds is 5. The molecule has 5 rings (SSSR count). The first-order valence-corrected chi connectivity index (χ1v) is 11.5. The number of nitrogens with zero attached hydrogens (tertiary/aromatic N) is 4. The lowest BCUT2D eigenvalue weighted by Gasteiger charge is -2.37. The second-order valence-corrected chi connectivity index (χ2v) is 9.25. The first kappa shape index (κ1) is 20.2. The Kier molecular flexibility index (Phi) is 5.46. The first-order chi connectivity index (χ1) is 15.1. The van der Waals surface area contributed by atoms with Crippen molar-refractivity contribution in [3.8, 4) is 5.88 Å². The number of aromatic hydroxyl groups is 1. The number of aryl methyl sites for hydroxylation is 1. The van der Waals surface area contributed by atoms with E-state index in [0.717, 1.165) is 32.4 Å². The van der Waals surface area contributed by atoms with E-state index in [4.69, 9.17) is 0 Å². The maximum atomic E-state index is 14.9. The number of hydrogen-bond donors (Lipinski definition) is 1. The van der Waals surface area contributed by atoms with Crippen molar-refractivity contribution < 1.29 is 9.50 Å². The van der Waals surface area contributed by atoms with E-state index in [-0.39, 0.29) is 17.7 Å². The van der Waals surface area contributed by atoms with Crippen molar-refractivity contribution in [2.24, 2.45) is 5.92 Å². The van der Waals surface area contributed by atoms with Gasteiger partial charge in [-0.2, -0.15) is 4.52 Å². The Morgan fingerprint density at radius 3 is 2.52 bits per heavy atom. The predicted molar refractivity (Wildman–Crippen MR) is 120 cm³/mol. The van der Waals surface area contributed by atoms with Gasteiger partial charge >= 0.3 is 0 Å². The standard InChI is InChI=1S/C24H25FN4OS/c1-16-26-24-29(27-16)23(30)22(31-24)21(19-9-5-6-10-20(19)25)28-13-11-18(12-14-28)15-17-7-3-2-4-8-17/h2-10,18,21,30H,11-15H2,1H3/t21-/m1/s1. The predicted octanol–water partition coefficient (Wildman–Crippen LogP) is 4.99. The molecule has 0 spiro atoms.